The Morgan fingerprint density at radius 3 is 2.89 bits per heavy atom. The minimum Gasteiger partial charge on any atom is -0.468 e. The van der Waals surface area contributed by atoms with Crippen molar-refractivity contribution in [3.05, 3.63) is 33.8 Å². The zero-order valence-electron chi connectivity index (χ0n) is 10.2. The van der Waals surface area contributed by atoms with Crippen LogP contribution in [0.5, 0.6) is 0 Å². The number of methoxy groups -OCH3 is 1. The van der Waals surface area contributed by atoms with Crippen molar-refractivity contribution in [1.82, 2.24) is 4.90 Å². The predicted molar refractivity (Wildman–Crippen MR) is 71.9 cm³/mol. The molecule has 98 valence electrons. The SMILES string of the molecule is COC(=O)C1CCCN1Cc1ccc(Cl)c(Cl)c1. The van der Waals surface area contributed by atoms with Crippen LogP contribution in [-0.4, -0.2) is 30.6 Å². The molecule has 0 aromatic heterocycles. The molecule has 3 nitrogen and oxygen atoms in total. The monoisotopic (exact) mass is 287 g/mol. The Hall–Kier alpha value is -0.770. The second kappa shape index (κ2) is 5.91. The Labute approximate surface area is 117 Å². The van der Waals surface area contributed by atoms with Gasteiger partial charge in [-0.25, -0.2) is 0 Å². The van der Waals surface area contributed by atoms with Gasteiger partial charge in [0.05, 0.1) is 17.2 Å². The molecule has 0 amide bonds. The highest BCUT2D eigenvalue weighted by molar-refractivity contribution is 6.42. The van der Waals surface area contributed by atoms with E-state index in [0.29, 0.717) is 16.6 Å². The van der Waals surface area contributed by atoms with Gasteiger partial charge in [0.2, 0.25) is 0 Å². The molecule has 1 heterocycles. The van der Waals surface area contributed by atoms with Gasteiger partial charge in [-0.05, 0) is 37.1 Å². The number of ether oxygens (including phenoxy) is 1. The normalized spacial score (nSPS) is 20.1. The third-order valence-corrected chi connectivity index (χ3v) is 3.95. The number of carbonyl (C=O) groups excluding carboxylic acids is 1. The third kappa shape index (κ3) is 2.97. The van der Waals surface area contributed by atoms with E-state index in [9.17, 15) is 4.79 Å². The van der Waals surface area contributed by atoms with E-state index in [1.807, 2.05) is 12.1 Å². The summed E-state index contributed by atoms with van der Waals surface area (Å²) in [4.78, 5) is 13.7. The van der Waals surface area contributed by atoms with Crippen LogP contribution in [0, 0.1) is 0 Å². The highest BCUT2D eigenvalue weighted by atomic mass is 35.5. The molecule has 0 aliphatic carbocycles. The van der Waals surface area contributed by atoms with Gasteiger partial charge in [-0.3, -0.25) is 9.69 Å². The molecule has 0 radical (unpaired) electrons. The molecule has 1 aliphatic rings. The van der Waals surface area contributed by atoms with Gasteiger partial charge in [0.1, 0.15) is 6.04 Å². The summed E-state index contributed by atoms with van der Waals surface area (Å²) in [5, 5.41) is 1.09. The van der Waals surface area contributed by atoms with Crippen molar-refractivity contribution < 1.29 is 9.53 Å². The van der Waals surface area contributed by atoms with Crippen LogP contribution >= 0.6 is 23.2 Å². The van der Waals surface area contributed by atoms with E-state index in [-0.39, 0.29) is 12.0 Å². The first kappa shape index (κ1) is 13.7. The second-order valence-electron chi connectivity index (χ2n) is 4.40. The summed E-state index contributed by atoms with van der Waals surface area (Å²) in [6.07, 6.45) is 1.87. The van der Waals surface area contributed by atoms with Crippen LogP contribution in [0.3, 0.4) is 0 Å². The molecular formula is C13H15Cl2NO2. The molecule has 2 rings (SSSR count). The number of halogens is 2. The Morgan fingerprint density at radius 2 is 2.22 bits per heavy atom. The molecule has 1 saturated heterocycles. The van der Waals surface area contributed by atoms with Crippen molar-refractivity contribution in [2.45, 2.75) is 25.4 Å². The number of carbonyl (C=O) groups is 1. The average Bonchev–Trinajstić information content (AvgIpc) is 2.81. The highest BCUT2D eigenvalue weighted by Crippen LogP contribution is 2.26. The number of esters is 1. The van der Waals surface area contributed by atoms with Crippen molar-refractivity contribution in [2.24, 2.45) is 0 Å². The number of likely N-dealkylation sites (tertiary alicyclic amines) is 1. The van der Waals surface area contributed by atoms with Gasteiger partial charge in [0.15, 0.2) is 0 Å². The first-order chi connectivity index (χ1) is 8.61. The second-order valence-corrected chi connectivity index (χ2v) is 5.21. The van der Waals surface area contributed by atoms with Gasteiger partial charge in [-0.1, -0.05) is 29.3 Å². The largest absolute Gasteiger partial charge is 0.468 e. The quantitative estimate of drug-likeness (QED) is 0.800. The molecule has 18 heavy (non-hydrogen) atoms. The predicted octanol–water partition coefficient (Wildman–Crippen LogP) is 3.13. The van der Waals surface area contributed by atoms with Gasteiger partial charge in [0.25, 0.3) is 0 Å². The summed E-state index contributed by atoms with van der Waals surface area (Å²) in [7, 11) is 1.43. The molecule has 1 aromatic rings. The smallest absolute Gasteiger partial charge is 0.323 e. The van der Waals surface area contributed by atoms with Crippen LogP contribution < -0.4 is 0 Å². The van der Waals surface area contributed by atoms with Crippen molar-refractivity contribution >= 4 is 29.2 Å². The van der Waals surface area contributed by atoms with Gasteiger partial charge >= 0.3 is 5.97 Å². The molecule has 1 atom stereocenters. The van der Waals surface area contributed by atoms with Crippen LogP contribution in [0.25, 0.3) is 0 Å². The van der Waals surface area contributed by atoms with Crippen LogP contribution in [0.1, 0.15) is 18.4 Å². The topological polar surface area (TPSA) is 29.5 Å². The molecule has 0 saturated carbocycles. The van der Waals surface area contributed by atoms with E-state index >= 15 is 0 Å². The average molecular weight is 288 g/mol. The summed E-state index contributed by atoms with van der Waals surface area (Å²) >= 11 is 11.9. The fourth-order valence-corrected chi connectivity index (χ4v) is 2.61. The molecule has 1 fully saturated rings. The van der Waals surface area contributed by atoms with Crippen molar-refractivity contribution in [2.75, 3.05) is 13.7 Å². The van der Waals surface area contributed by atoms with Crippen molar-refractivity contribution in [1.29, 1.82) is 0 Å². The highest BCUT2D eigenvalue weighted by Gasteiger charge is 2.31. The van der Waals surface area contributed by atoms with Crippen molar-refractivity contribution in [3.8, 4) is 0 Å². The fraction of sp³-hybridized carbons (Fsp3) is 0.462. The first-order valence-electron chi connectivity index (χ1n) is 5.87. The zero-order valence-corrected chi connectivity index (χ0v) is 11.7. The van der Waals surface area contributed by atoms with Gasteiger partial charge in [0, 0.05) is 6.54 Å². The molecule has 0 bridgehead atoms. The minimum absolute atomic E-state index is 0.135. The van der Waals surface area contributed by atoms with Gasteiger partial charge in [-0.15, -0.1) is 0 Å². The molecule has 1 aromatic carbocycles. The maximum atomic E-state index is 11.6. The van der Waals surface area contributed by atoms with E-state index < -0.39 is 0 Å². The summed E-state index contributed by atoms with van der Waals surface area (Å²) in [5.74, 6) is -0.160. The van der Waals surface area contributed by atoms with E-state index in [1.54, 1.807) is 6.07 Å². The Bertz CT molecular complexity index is 451. The molecule has 0 spiro atoms. The lowest BCUT2D eigenvalue weighted by Crippen LogP contribution is -2.36. The zero-order chi connectivity index (χ0) is 13.1. The van der Waals surface area contributed by atoms with Crippen LogP contribution in [0.4, 0.5) is 0 Å². The summed E-state index contributed by atoms with van der Waals surface area (Å²) in [5.41, 5.74) is 1.06. The maximum absolute atomic E-state index is 11.6. The van der Waals surface area contributed by atoms with Gasteiger partial charge < -0.3 is 4.74 Å². The maximum Gasteiger partial charge on any atom is 0.323 e. The summed E-state index contributed by atoms with van der Waals surface area (Å²) in [6, 6.07) is 5.42. The Morgan fingerprint density at radius 1 is 1.44 bits per heavy atom. The molecule has 1 aliphatic heterocycles. The minimum atomic E-state index is -0.160. The third-order valence-electron chi connectivity index (χ3n) is 3.21. The summed E-state index contributed by atoms with van der Waals surface area (Å²) < 4.78 is 4.82. The number of benzene rings is 1. The first-order valence-corrected chi connectivity index (χ1v) is 6.63. The number of rotatable bonds is 3. The number of hydrogen-bond acceptors (Lipinski definition) is 3. The lowest BCUT2D eigenvalue weighted by Gasteiger charge is -2.22. The standard InChI is InChI=1S/C13H15Cl2NO2/c1-18-13(17)12-3-2-6-16(12)8-9-4-5-10(14)11(15)7-9/h4-5,7,12H,2-3,6,8H2,1H3. The van der Waals surface area contributed by atoms with Crippen LogP contribution in [0.15, 0.2) is 18.2 Å². The lowest BCUT2D eigenvalue weighted by molar-refractivity contribution is -0.146. The van der Waals surface area contributed by atoms with Crippen LogP contribution in [0.2, 0.25) is 10.0 Å². The van der Waals surface area contributed by atoms with E-state index in [1.165, 1.54) is 7.11 Å². The van der Waals surface area contributed by atoms with Gasteiger partial charge in [-0.2, -0.15) is 0 Å². The number of nitrogens with zero attached hydrogens (tertiary/aromatic N) is 1. The van der Waals surface area contributed by atoms with Crippen LogP contribution in [-0.2, 0) is 16.1 Å². The fourth-order valence-electron chi connectivity index (χ4n) is 2.29. The van der Waals surface area contributed by atoms with E-state index in [0.717, 1.165) is 24.9 Å². The Balaban J connectivity index is 2.08. The Kier molecular flexibility index (Phi) is 4.49. The van der Waals surface area contributed by atoms with E-state index in [2.05, 4.69) is 4.90 Å². The molecule has 1 unspecified atom stereocenters. The molecule has 5 heteroatoms. The molecule has 0 N–H and O–H groups in total. The number of hydrogen-bond donors (Lipinski definition) is 0. The van der Waals surface area contributed by atoms with E-state index in [4.69, 9.17) is 27.9 Å². The lowest BCUT2D eigenvalue weighted by atomic mass is 10.2. The summed E-state index contributed by atoms with van der Waals surface area (Å²) in [6.45, 7) is 1.59. The molecular weight excluding hydrogens is 273 g/mol. The van der Waals surface area contributed by atoms with Crippen molar-refractivity contribution in [3.63, 3.8) is 0 Å².